The molecule has 0 aliphatic heterocycles. The Morgan fingerprint density at radius 1 is 1.30 bits per heavy atom. The van der Waals surface area contributed by atoms with E-state index in [2.05, 4.69) is 26.9 Å². The maximum absolute atomic E-state index is 11.3. The molecule has 0 spiro atoms. The molecular weight excluding hydrogens is 254 g/mol. The molecule has 100 valence electrons. The van der Waals surface area contributed by atoms with Gasteiger partial charge in [-0.3, -0.25) is 4.79 Å². The number of nitrogens with zero attached hydrogens (tertiary/aromatic N) is 3. The molecule has 0 aliphatic carbocycles. The van der Waals surface area contributed by atoms with E-state index in [1.54, 1.807) is 31.3 Å². The summed E-state index contributed by atoms with van der Waals surface area (Å²) < 4.78 is 0. The van der Waals surface area contributed by atoms with Crippen molar-refractivity contribution in [3.63, 3.8) is 0 Å². The average Bonchev–Trinajstić information content (AvgIpc) is 2.53. The number of benzene rings is 1. The largest absolute Gasteiger partial charge is 0.365 e. The Labute approximate surface area is 116 Å². The highest BCUT2D eigenvalue weighted by atomic mass is 16.1. The van der Waals surface area contributed by atoms with Crippen LogP contribution >= 0.6 is 0 Å². The van der Waals surface area contributed by atoms with Crippen LogP contribution in [-0.4, -0.2) is 23.2 Å². The van der Waals surface area contributed by atoms with Gasteiger partial charge in [-0.1, -0.05) is 12.1 Å². The lowest BCUT2D eigenvalue weighted by atomic mass is 10.1. The molecule has 0 saturated heterocycles. The van der Waals surface area contributed by atoms with Crippen molar-refractivity contribution >= 4 is 11.7 Å². The fourth-order valence-electron chi connectivity index (χ4n) is 1.62. The van der Waals surface area contributed by atoms with Gasteiger partial charge in [-0.15, -0.1) is 10.2 Å². The number of rotatable bonds is 4. The Morgan fingerprint density at radius 2 is 2.15 bits per heavy atom. The lowest BCUT2D eigenvalue weighted by Gasteiger charge is -2.05. The molecule has 0 saturated carbocycles. The van der Waals surface area contributed by atoms with E-state index in [0.717, 1.165) is 5.56 Å². The molecule has 2 aromatic rings. The van der Waals surface area contributed by atoms with Gasteiger partial charge in [0.25, 0.3) is 5.91 Å². The van der Waals surface area contributed by atoms with Crippen LogP contribution in [0, 0.1) is 11.3 Å². The fraction of sp³-hybridized carbons (Fsp3) is 0.143. The van der Waals surface area contributed by atoms with Crippen molar-refractivity contribution in [2.45, 2.75) is 6.54 Å². The number of anilines is 1. The van der Waals surface area contributed by atoms with Gasteiger partial charge in [0.15, 0.2) is 5.69 Å². The van der Waals surface area contributed by atoms with Crippen LogP contribution in [0.5, 0.6) is 0 Å². The van der Waals surface area contributed by atoms with Crippen LogP contribution in [0.2, 0.25) is 0 Å². The summed E-state index contributed by atoms with van der Waals surface area (Å²) in [5, 5.41) is 22.1. The van der Waals surface area contributed by atoms with Gasteiger partial charge in [0.05, 0.1) is 11.6 Å². The molecule has 0 radical (unpaired) electrons. The number of aromatic nitrogens is 2. The highest BCUT2D eigenvalue weighted by Crippen LogP contribution is 2.08. The van der Waals surface area contributed by atoms with E-state index in [1.807, 2.05) is 12.1 Å². The smallest absolute Gasteiger partial charge is 0.271 e. The lowest BCUT2D eigenvalue weighted by molar-refractivity contribution is 0.0957. The maximum Gasteiger partial charge on any atom is 0.271 e. The number of nitrogens with one attached hydrogen (secondary N) is 2. The van der Waals surface area contributed by atoms with Gasteiger partial charge < -0.3 is 10.6 Å². The second kappa shape index (κ2) is 6.29. The third kappa shape index (κ3) is 3.29. The van der Waals surface area contributed by atoms with Gasteiger partial charge in [0, 0.05) is 13.6 Å². The SMILES string of the molecule is CNC(=O)c1ccc(NCc2cccc(C#N)c2)nn1. The molecule has 1 aromatic carbocycles. The quantitative estimate of drug-likeness (QED) is 0.871. The van der Waals surface area contributed by atoms with Crippen LogP contribution in [0.1, 0.15) is 21.6 Å². The zero-order valence-electron chi connectivity index (χ0n) is 10.9. The van der Waals surface area contributed by atoms with E-state index in [9.17, 15) is 4.79 Å². The second-order valence-electron chi connectivity index (χ2n) is 4.05. The molecule has 0 unspecified atom stereocenters. The van der Waals surface area contributed by atoms with Crippen LogP contribution < -0.4 is 10.6 Å². The molecule has 1 aromatic heterocycles. The summed E-state index contributed by atoms with van der Waals surface area (Å²) in [5.41, 5.74) is 1.86. The molecule has 2 N–H and O–H groups in total. The third-order valence-corrected chi connectivity index (χ3v) is 2.65. The van der Waals surface area contributed by atoms with Crippen LogP contribution in [-0.2, 0) is 6.54 Å². The Hall–Kier alpha value is -2.94. The molecule has 6 heteroatoms. The molecule has 2 rings (SSSR count). The summed E-state index contributed by atoms with van der Waals surface area (Å²) in [6.07, 6.45) is 0. The minimum atomic E-state index is -0.272. The number of hydrogen-bond acceptors (Lipinski definition) is 5. The number of nitriles is 1. The van der Waals surface area contributed by atoms with Gasteiger partial charge in [-0.25, -0.2) is 0 Å². The highest BCUT2D eigenvalue weighted by Gasteiger charge is 2.05. The van der Waals surface area contributed by atoms with Gasteiger partial charge in [-0.05, 0) is 29.8 Å². The summed E-state index contributed by atoms with van der Waals surface area (Å²) in [7, 11) is 1.54. The monoisotopic (exact) mass is 267 g/mol. The first-order valence-corrected chi connectivity index (χ1v) is 6.01. The molecule has 1 amide bonds. The molecule has 6 nitrogen and oxygen atoms in total. The van der Waals surface area contributed by atoms with Gasteiger partial charge >= 0.3 is 0 Å². The first-order valence-electron chi connectivity index (χ1n) is 6.01. The van der Waals surface area contributed by atoms with Gasteiger partial charge in [0.1, 0.15) is 5.82 Å². The summed E-state index contributed by atoms with van der Waals surface area (Å²) >= 11 is 0. The van der Waals surface area contributed by atoms with Crippen molar-refractivity contribution in [2.24, 2.45) is 0 Å². The fourth-order valence-corrected chi connectivity index (χ4v) is 1.62. The summed E-state index contributed by atoms with van der Waals surface area (Å²) in [6.45, 7) is 0.531. The third-order valence-electron chi connectivity index (χ3n) is 2.65. The second-order valence-corrected chi connectivity index (χ2v) is 4.05. The Kier molecular flexibility index (Phi) is 4.24. The van der Waals surface area contributed by atoms with E-state index >= 15 is 0 Å². The Morgan fingerprint density at radius 3 is 2.80 bits per heavy atom. The normalized spacial score (nSPS) is 9.60. The van der Waals surface area contributed by atoms with Gasteiger partial charge in [0.2, 0.25) is 0 Å². The van der Waals surface area contributed by atoms with Crippen LogP contribution in [0.3, 0.4) is 0 Å². The predicted molar refractivity (Wildman–Crippen MR) is 73.9 cm³/mol. The van der Waals surface area contributed by atoms with Crippen molar-refractivity contribution < 1.29 is 4.79 Å². The van der Waals surface area contributed by atoms with Gasteiger partial charge in [-0.2, -0.15) is 5.26 Å². The van der Waals surface area contributed by atoms with E-state index < -0.39 is 0 Å². The highest BCUT2D eigenvalue weighted by molar-refractivity contribution is 5.91. The summed E-state index contributed by atoms with van der Waals surface area (Å²) in [5.74, 6) is 0.297. The van der Waals surface area contributed by atoms with E-state index in [-0.39, 0.29) is 11.6 Å². The number of amides is 1. The van der Waals surface area contributed by atoms with E-state index in [0.29, 0.717) is 17.9 Å². The van der Waals surface area contributed by atoms with Crippen molar-refractivity contribution in [3.8, 4) is 6.07 Å². The number of carbonyl (C=O) groups is 1. The van der Waals surface area contributed by atoms with Crippen LogP contribution in [0.15, 0.2) is 36.4 Å². The first-order chi connectivity index (χ1) is 9.72. The first kappa shape index (κ1) is 13.5. The lowest BCUT2D eigenvalue weighted by Crippen LogP contribution is -2.19. The van der Waals surface area contributed by atoms with E-state index in [1.165, 1.54) is 0 Å². The van der Waals surface area contributed by atoms with Crippen LogP contribution in [0.25, 0.3) is 0 Å². The minimum absolute atomic E-state index is 0.268. The van der Waals surface area contributed by atoms with Crippen molar-refractivity contribution in [2.75, 3.05) is 12.4 Å². The predicted octanol–water partition coefficient (Wildman–Crippen LogP) is 1.32. The van der Waals surface area contributed by atoms with E-state index in [4.69, 9.17) is 5.26 Å². The molecule has 20 heavy (non-hydrogen) atoms. The zero-order valence-corrected chi connectivity index (χ0v) is 10.9. The number of carbonyl (C=O) groups excluding carboxylic acids is 1. The molecule has 0 aliphatic rings. The standard InChI is InChI=1S/C14H13N5O/c1-16-14(20)12-5-6-13(19-18-12)17-9-11-4-2-3-10(7-11)8-15/h2-7H,9H2,1H3,(H,16,20)(H,17,19). The molecule has 0 atom stereocenters. The molecule has 0 fully saturated rings. The Bertz CT molecular complexity index is 645. The molecular formula is C14H13N5O. The molecule has 1 heterocycles. The summed E-state index contributed by atoms with van der Waals surface area (Å²) in [6, 6.07) is 12.7. The Balaban J connectivity index is 2.00. The van der Waals surface area contributed by atoms with Crippen molar-refractivity contribution in [1.29, 1.82) is 5.26 Å². The topological polar surface area (TPSA) is 90.7 Å². The molecule has 0 bridgehead atoms. The van der Waals surface area contributed by atoms with Crippen LogP contribution in [0.4, 0.5) is 5.82 Å². The van der Waals surface area contributed by atoms with Crippen molar-refractivity contribution in [3.05, 3.63) is 53.2 Å². The summed E-state index contributed by atoms with van der Waals surface area (Å²) in [4.78, 5) is 11.3. The average molecular weight is 267 g/mol. The zero-order chi connectivity index (χ0) is 14.4. The van der Waals surface area contributed by atoms with Crippen molar-refractivity contribution in [1.82, 2.24) is 15.5 Å². The number of hydrogen-bond donors (Lipinski definition) is 2. The minimum Gasteiger partial charge on any atom is -0.365 e. The maximum atomic E-state index is 11.3.